The molecule has 0 spiro atoms. The zero-order valence-electron chi connectivity index (χ0n) is 13.3. The third-order valence-corrected chi connectivity index (χ3v) is 5.21. The van der Waals surface area contributed by atoms with Crippen molar-refractivity contribution in [1.29, 1.82) is 0 Å². The minimum atomic E-state index is -3.56. The van der Waals surface area contributed by atoms with E-state index in [1.165, 1.54) is 17.5 Å². The quantitative estimate of drug-likeness (QED) is 0.779. The minimum absolute atomic E-state index is 0.0304. The third-order valence-electron chi connectivity index (χ3n) is 3.80. The van der Waals surface area contributed by atoms with Crippen molar-refractivity contribution < 1.29 is 17.9 Å². The van der Waals surface area contributed by atoms with Crippen LogP contribution in [0.1, 0.15) is 19.3 Å². The fourth-order valence-electron chi connectivity index (χ4n) is 2.64. The molecule has 0 aromatic heterocycles. The number of nitrogens with zero attached hydrogens (tertiary/aromatic N) is 2. The van der Waals surface area contributed by atoms with Gasteiger partial charge in [0.05, 0.1) is 19.1 Å². The number of halogens is 1. The molecule has 1 aromatic rings. The molecule has 6 nitrogen and oxygen atoms in total. The molecule has 1 saturated heterocycles. The molecule has 0 bridgehead atoms. The number of rotatable bonds is 6. The van der Waals surface area contributed by atoms with Crippen molar-refractivity contribution in [2.45, 2.75) is 19.3 Å². The molecular formula is C15H21ClN2O4S. The summed E-state index contributed by atoms with van der Waals surface area (Å²) >= 11 is 5.98. The molecule has 1 aliphatic rings. The summed E-state index contributed by atoms with van der Waals surface area (Å²) in [6, 6.07) is 4.76. The number of likely N-dealkylation sites (tertiary alicyclic amines) is 1. The van der Waals surface area contributed by atoms with Gasteiger partial charge >= 0.3 is 0 Å². The first-order chi connectivity index (χ1) is 10.8. The Balaban J connectivity index is 2.21. The van der Waals surface area contributed by atoms with Crippen molar-refractivity contribution in [3.05, 3.63) is 23.2 Å². The highest BCUT2D eigenvalue weighted by atomic mass is 35.5. The summed E-state index contributed by atoms with van der Waals surface area (Å²) in [6.07, 6.45) is 3.24. The molecule has 1 aliphatic heterocycles. The molecule has 128 valence electrons. The highest BCUT2D eigenvalue weighted by molar-refractivity contribution is 7.92. The van der Waals surface area contributed by atoms with Gasteiger partial charge in [0.2, 0.25) is 15.9 Å². The lowest BCUT2D eigenvalue weighted by atomic mass is 10.2. The van der Waals surface area contributed by atoms with Crippen molar-refractivity contribution >= 4 is 33.2 Å². The largest absolute Gasteiger partial charge is 0.495 e. The molecule has 1 aromatic carbocycles. The summed E-state index contributed by atoms with van der Waals surface area (Å²) in [5, 5.41) is 0.403. The van der Waals surface area contributed by atoms with E-state index >= 15 is 0 Å². The summed E-state index contributed by atoms with van der Waals surface area (Å²) in [7, 11) is -2.10. The van der Waals surface area contributed by atoms with Crippen LogP contribution in [-0.2, 0) is 14.8 Å². The number of ether oxygens (including phenoxy) is 1. The molecule has 0 radical (unpaired) electrons. The van der Waals surface area contributed by atoms with E-state index in [1.807, 2.05) is 0 Å². The first kappa shape index (κ1) is 17.9. The monoisotopic (exact) mass is 360 g/mol. The average Bonchev–Trinajstić information content (AvgIpc) is 3.00. The number of carbonyl (C=O) groups is 1. The van der Waals surface area contributed by atoms with Gasteiger partial charge in [-0.25, -0.2) is 8.42 Å². The molecule has 1 amide bonds. The van der Waals surface area contributed by atoms with Crippen LogP contribution in [0.2, 0.25) is 5.02 Å². The van der Waals surface area contributed by atoms with Crippen LogP contribution in [0.25, 0.3) is 0 Å². The van der Waals surface area contributed by atoms with Gasteiger partial charge in [0.25, 0.3) is 0 Å². The lowest BCUT2D eigenvalue weighted by molar-refractivity contribution is -0.129. The summed E-state index contributed by atoms with van der Waals surface area (Å²) in [5.74, 6) is 0.366. The van der Waals surface area contributed by atoms with Gasteiger partial charge in [-0.3, -0.25) is 9.10 Å². The van der Waals surface area contributed by atoms with Gasteiger partial charge in [-0.05, 0) is 31.0 Å². The van der Waals surface area contributed by atoms with Crippen LogP contribution in [0, 0.1) is 0 Å². The standard InChI is InChI=1S/C15H21ClN2O4S/c1-22-14-6-5-12(16)11-13(14)18(23(2,20)21)10-7-15(19)17-8-3-4-9-17/h5-6,11H,3-4,7-10H2,1-2H3. The highest BCUT2D eigenvalue weighted by Gasteiger charge is 2.24. The fraction of sp³-hybridized carbons (Fsp3) is 0.533. The number of amides is 1. The summed E-state index contributed by atoms with van der Waals surface area (Å²) < 4.78 is 30.7. The predicted octanol–water partition coefficient (Wildman–Crippen LogP) is 2.13. The molecular weight excluding hydrogens is 340 g/mol. The smallest absolute Gasteiger partial charge is 0.232 e. The molecule has 0 saturated carbocycles. The average molecular weight is 361 g/mol. The number of anilines is 1. The molecule has 1 fully saturated rings. The van der Waals surface area contributed by atoms with Crippen molar-refractivity contribution in [3.63, 3.8) is 0 Å². The Morgan fingerprint density at radius 3 is 2.57 bits per heavy atom. The number of methoxy groups -OCH3 is 1. The second kappa shape index (κ2) is 7.40. The predicted molar refractivity (Wildman–Crippen MR) is 90.6 cm³/mol. The first-order valence-corrected chi connectivity index (χ1v) is 9.64. The number of hydrogen-bond donors (Lipinski definition) is 0. The molecule has 0 N–H and O–H groups in total. The van der Waals surface area contributed by atoms with E-state index < -0.39 is 10.0 Å². The molecule has 0 unspecified atom stereocenters. The number of carbonyl (C=O) groups excluding carboxylic acids is 1. The molecule has 0 aliphatic carbocycles. The van der Waals surface area contributed by atoms with Crippen LogP contribution in [0.15, 0.2) is 18.2 Å². The van der Waals surface area contributed by atoms with E-state index in [4.69, 9.17) is 16.3 Å². The molecule has 23 heavy (non-hydrogen) atoms. The van der Waals surface area contributed by atoms with Gasteiger partial charge in [0.1, 0.15) is 5.75 Å². The second-order valence-electron chi connectivity index (χ2n) is 5.49. The van der Waals surface area contributed by atoms with Gasteiger partial charge < -0.3 is 9.64 Å². The van der Waals surface area contributed by atoms with Gasteiger partial charge in [-0.15, -0.1) is 0 Å². The maximum Gasteiger partial charge on any atom is 0.232 e. The fourth-order valence-corrected chi connectivity index (χ4v) is 3.73. The molecule has 0 atom stereocenters. The Bertz CT molecular complexity index is 672. The Kier molecular flexibility index (Phi) is 5.75. The van der Waals surface area contributed by atoms with E-state index in [1.54, 1.807) is 17.0 Å². The lowest BCUT2D eigenvalue weighted by Gasteiger charge is -2.25. The number of hydrogen-bond acceptors (Lipinski definition) is 4. The van der Waals surface area contributed by atoms with Crippen LogP contribution in [0.4, 0.5) is 5.69 Å². The lowest BCUT2D eigenvalue weighted by Crippen LogP contribution is -2.36. The summed E-state index contributed by atoms with van der Waals surface area (Å²) in [4.78, 5) is 14.0. The van der Waals surface area contributed by atoms with E-state index in [0.717, 1.165) is 32.2 Å². The molecule has 2 rings (SSSR count). The Labute approximate surface area is 142 Å². The topological polar surface area (TPSA) is 66.9 Å². The van der Waals surface area contributed by atoms with Crippen LogP contribution in [0.5, 0.6) is 5.75 Å². The Morgan fingerprint density at radius 2 is 2.00 bits per heavy atom. The van der Waals surface area contributed by atoms with Crippen LogP contribution in [0.3, 0.4) is 0 Å². The van der Waals surface area contributed by atoms with E-state index in [-0.39, 0.29) is 18.9 Å². The van der Waals surface area contributed by atoms with Crippen molar-refractivity contribution in [1.82, 2.24) is 4.90 Å². The van der Waals surface area contributed by atoms with E-state index in [0.29, 0.717) is 16.5 Å². The second-order valence-corrected chi connectivity index (χ2v) is 7.83. The van der Waals surface area contributed by atoms with E-state index in [2.05, 4.69) is 0 Å². The third kappa shape index (κ3) is 4.51. The van der Waals surface area contributed by atoms with Gasteiger partial charge in [-0.2, -0.15) is 0 Å². The molecule has 1 heterocycles. The Hall–Kier alpha value is -1.47. The SMILES string of the molecule is COc1ccc(Cl)cc1N(CCC(=O)N1CCCC1)S(C)(=O)=O. The minimum Gasteiger partial charge on any atom is -0.495 e. The van der Waals surface area contributed by atoms with Gasteiger partial charge in [0.15, 0.2) is 0 Å². The zero-order valence-corrected chi connectivity index (χ0v) is 14.9. The number of sulfonamides is 1. The number of benzene rings is 1. The van der Waals surface area contributed by atoms with Crippen molar-refractivity contribution in [2.75, 3.05) is 37.3 Å². The summed E-state index contributed by atoms with van der Waals surface area (Å²) in [6.45, 7) is 1.56. The van der Waals surface area contributed by atoms with Crippen LogP contribution in [-0.4, -0.2) is 52.2 Å². The van der Waals surface area contributed by atoms with Crippen molar-refractivity contribution in [2.24, 2.45) is 0 Å². The first-order valence-electron chi connectivity index (χ1n) is 7.42. The maximum atomic E-state index is 12.2. The zero-order chi connectivity index (χ0) is 17.0. The normalized spacial score (nSPS) is 14.8. The van der Waals surface area contributed by atoms with Crippen molar-refractivity contribution in [3.8, 4) is 5.75 Å². The van der Waals surface area contributed by atoms with Crippen LogP contribution >= 0.6 is 11.6 Å². The van der Waals surface area contributed by atoms with E-state index in [9.17, 15) is 13.2 Å². The Morgan fingerprint density at radius 1 is 1.35 bits per heavy atom. The van der Waals surface area contributed by atoms with Gasteiger partial charge in [-0.1, -0.05) is 11.6 Å². The highest BCUT2D eigenvalue weighted by Crippen LogP contribution is 2.33. The van der Waals surface area contributed by atoms with Crippen LogP contribution < -0.4 is 9.04 Å². The maximum absolute atomic E-state index is 12.2. The van der Waals surface area contributed by atoms with Gasteiger partial charge in [0, 0.05) is 31.1 Å². The molecule has 8 heteroatoms. The summed E-state index contributed by atoms with van der Waals surface area (Å²) in [5.41, 5.74) is 0.344.